The normalized spacial score (nSPS) is 12.4. The van der Waals surface area contributed by atoms with Gasteiger partial charge in [-0.3, -0.25) is 14.8 Å². The van der Waals surface area contributed by atoms with Gasteiger partial charge < -0.3 is 40.3 Å². The first kappa shape index (κ1) is 27.2. The van der Waals surface area contributed by atoms with Crippen molar-refractivity contribution in [2.75, 3.05) is 0 Å². The quantitative estimate of drug-likeness (QED) is 0.0544. The molecule has 0 unspecified atom stereocenters. The van der Waals surface area contributed by atoms with Gasteiger partial charge in [0.1, 0.15) is 4.90 Å². The SMILES string of the molecule is N#[N+]N=c1c(=NN=[N-])c(=O)c(=O)c2cccc(S(=O)(=O)Oc3ccc(Cc4ccc(O)c(O)c4O)c(O)c3O)c12. The minimum absolute atomic E-state index is 0.0367. The summed E-state index contributed by atoms with van der Waals surface area (Å²) >= 11 is 0. The van der Waals surface area contributed by atoms with E-state index < -0.39 is 81.9 Å². The number of benzene rings is 4. The second-order valence-corrected chi connectivity index (χ2v) is 9.50. The predicted molar refractivity (Wildman–Crippen MR) is 133 cm³/mol. The van der Waals surface area contributed by atoms with Crippen molar-refractivity contribution in [3.05, 3.63) is 95.4 Å². The third kappa shape index (κ3) is 4.50. The zero-order valence-corrected chi connectivity index (χ0v) is 20.4. The zero-order valence-electron chi connectivity index (χ0n) is 19.6. The van der Waals surface area contributed by atoms with E-state index in [1.165, 1.54) is 6.07 Å². The van der Waals surface area contributed by atoms with Gasteiger partial charge in [0.15, 0.2) is 33.5 Å². The van der Waals surface area contributed by atoms with Crippen LogP contribution < -0.4 is 25.8 Å². The fourth-order valence-corrected chi connectivity index (χ4v) is 5.01. The van der Waals surface area contributed by atoms with Crippen LogP contribution >= 0.6 is 0 Å². The van der Waals surface area contributed by atoms with Crippen LogP contribution in [0.4, 0.5) is 0 Å². The molecule has 0 aromatic heterocycles. The minimum atomic E-state index is -5.00. The number of fused-ring (bicyclic) bond motifs is 1. The molecule has 0 aliphatic carbocycles. The lowest BCUT2D eigenvalue weighted by molar-refractivity contribution is 0.365. The van der Waals surface area contributed by atoms with Crippen molar-refractivity contribution in [2.24, 2.45) is 15.4 Å². The van der Waals surface area contributed by atoms with Crippen LogP contribution in [0, 0.1) is 5.39 Å². The van der Waals surface area contributed by atoms with Gasteiger partial charge in [-0.1, -0.05) is 24.3 Å². The molecule has 202 valence electrons. The molecule has 0 spiro atoms. The highest BCUT2D eigenvalue weighted by molar-refractivity contribution is 7.87. The van der Waals surface area contributed by atoms with Crippen LogP contribution in [0.5, 0.6) is 34.5 Å². The molecule has 5 N–H and O–H groups in total. The van der Waals surface area contributed by atoms with E-state index in [-0.39, 0.29) is 17.5 Å². The summed E-state index contributed by atoms with van der Waals surface area (Å²) in [6.45, 7) is 0. The van der Waals surface area contributed by atoms with Crippen LogP contribution in [-0.4, -0.2) is 34.0 Å². The lowest BCUT2D eigenvalue weighted by Crippen LogP contribution is -2.48. The molecule has 4 aromatic rings. The molecule has 40 heavy (non-hydrogen) atoms. The fraction of sp³-hybridized carbons (Fsp3) is 0.0435. The Morgan fingerprint density at radius 1 is 0.850 bits per heavy atom. The fourth-order valence-electron chi connectivity index (χ4n) is 3.84. The second-order valence-electron chi connectivity index (χ2n) is 7.99. The second kappa shape index (κ2) is 10.1. The molecule has 17 heteroatoms. The maximum Gasteiger partial charge on any atom is 0.340 e. The molecule has 16 nitrogen and oxygen atoms in total. The van der Waals surface area contributed by atoms with Gasteiger partial charge in [-0.05, 0) is 18.2 Å². The van der Waals surface area contributed by atoms with Gasteiger partial charge in [0, 0.05) is 28.3 Å². The van der Waals surface area contributed by atoms with Crippen LogP contribution in [-0.2, 0) is 16.5 Å². The molecule has 0 aliphatic rings. The number of rotatable bonds is 6. The van der Waals surface area contributed by atoms with E-state index in [1.54, 1.807) is 0 Å². The molecular weight excluding hydrogens is 552 g/mol. The van der Waals surface area contributed by atoms with E-state index in [0.29, 0.717) is 0 Å². The van der Waals surface area contributed by atoms with Crippen LogP contribution in [0.1, 0.15) is 11.1 Å². The monoisotopic (exact) mass is 566 g/mol. The van der Waals surface area contributed by atoms with Crippen LogP contribution in [0.2, 0.25) is 0 Å². The first-order valence-corrected chi connectivity index (χ1v) is 12.1. The van der Waals surface area contributed by atoms with E-state index in [4.69, 9.17) is 15.1 Å². The Balaban J connectivity index is 1.86. The number of diazo groups is 1. The smallest absolute Gasteiger partial charge is 0.340 e. The Labute approximate surface area is 221 Å². The van der Waals surface area contributed by atoms with Crippen molar-refractivity contribution >= 4 is 20.9 Å². The third-order valence-electron chi connectivity index (χ3n) is 5.70. The predicted octanol–water partition coefficient (Wildman–Crippen LogP) is 0.828. The van der Waals surface area contributed by atoms with Gasteiger partial charge in [0.05, 0.1) is 5.36 Å². The van der Waals surface area contributed by atoms with Crippen molar-refractivity contribution in [3.8, 4) is 34.5 Å². The van der Waals surface area contributed by atoms with Crippen LogP contribution in [0.3, 0.4) is 0 Å². The topological polar surface area (TPSA) is 266 Å². The van der Waals surface area contributed by atoms with Crippen molar-refractivity contribution in [1.29, 1.82) is 5.39 Å². The summed E-state index contributed by atoms with van der Waals surface area (Å²) in [4.78, 5) is 24.2. The molecule has 0 heterocycles. The van der Waals surface area contributed by atoms with E-state index in [2.05, 4.69) is 20.5 Å². The number of nitrogens with zero attached hydrogens (tertiary/aromatic N) is 6. The molecule has 0 saturated heterocycles. The Morgan fingerprint density at radius 3 is 2.15 bits per heavy atom. The lowest BCUT2D eigenvalue weighted by atomic mass is 10.0. The number of phenolic OH excluding ortho intramolecular Hbond substituents is 5. The molecule has 0 amide bonds. The van der Waals surface area contributed by atoms with Crippen molar-refractivity contribution in [3.63, 3.8) is 0 Å². The first-order chi connectivity index (χ1) is 18.9. The molecule has 0 radical (unpaired) electrons. The van der Waals surface area contributed by atoms with E-state index >= 15 is 0 Å². The maximum atomic E-state index is 13.3. The summed E-state index contributed by atoms with van der Waals surface area (Å²) in [7, 11) is -5.00. The summed E-state index contributed by atoms with van der Waals surface area (Å²) in [6, 6.07) is 7.50. The number of hydrogen-bond donors (Lipinski definition) is 5. The molecule has 4 rings (SSSR count). The van der Waals surface area contributed by atoms with Gasteiger partial charge in [0.25, 0.3) is 5.39 Å². The minimum Gasteiger partial charge on any atom is -0.504 e. The standard InChI is InChI=1S/C23H13N6O10S/c24-28-26-16-15-11(20(33)23(36)17(16)27-29-25)2-1-3-14(15)40(37,38)39-13-7-5-10(19(32)22(13)35)8-9-4-6-12(30)21(34)18(9)31/h1-7H,8H2,(H4-,24,25,26,27,28,29,30,31,32,33,34,35,36)/q-1/p+1. The Kier molecular flexibility index (Phi) is 6.86. The molecule has 4 aromatic carbocycles. The van der Waals surface area contributed by atoms with Gasteiger partial charge in [0.2, 0.25) is 22.4 Å². The average molecular weight is 566 g/mol. The average Bonchev–Trinajstić information content (AvgIpc) is 2.93. The molecule has 0 bridgehead atoms. The van der Waals surface area contributed by atoms with Crippen LogP contribution in [0.25, 0.3) is 21.4 Å². The zero-order chi connectivity index (χ0) is 29.4. The maximum absolute atomic E-state index is 13.3. The van der Waals surface area contributed by atoms with Gasteiger partial charge >= 0.3 is 15.2 Å². The molecule has 0 aliphatic heterocycles. The number of phenols is 5. The van der Waals surface area contributed by atoms with Crippen molar-refractivity contribution in [1.82, 2.24) is 0 Å². The van der Waals surface area contributed by atoms with E-state index in [0.717, 1.165) is 36.4 Å². The van der Waals surface area contributed by atoms with Gasteiger partial charge in [-0.25, -0.2) is 0 Å². The molecule has 0 fully saturated rings. The van der Waals surface area contributed by atoms with E-state index in [9.17, 15) is 43.5 Å². The highest BCUT2D eigenvalue weighted by Gasteiger charge is 2.27. The number of aromatic hydroxyl groups is 5. The summed E-state index contributed by atoms with van der Waals surface area (Å²) in [5, 5.41) is 67.6. The summed E-state index contributed by atoms with van der Waals surface area (Å²) in [5.74, 6) is -4.76. The first-order valence-electron chi connectivity index (χ1n) is 10.7. The largest absolute Gasteiger partial charge is 0.504 e. The molecule has 0 atom stereocenters. The molecular formula is C23H14N6O10S. The Morgan fingerprint density at radius 2 is 1.50 bits per heavy atom. The lowest BCUT2D eigenvalue weighted by Gasteiger charge is -2.14. The van der Waals surface area contributed by atoms with Crippen molar-refractivity contribution in [2.45, 2.75) is 11.3 Å². The summed E-state index contributed by atoms with van der Waals surface area (Å²) in [5.41, 5.74) is 6.19. The summed E-state index contributed by atoms with van der Waals surface area (Å²) < 4.78 is 31.5. The van der Waals surface area contributed by atoms with Gasteiger partial charge in [-0.2, -0.15) is 8.42 Å². The Bertz CT molecular complexity index is 2110. The van der Waals surface area contributed by atoms with Gasteiger partial charge in [-0.15, -0.1) is 0 Å². The molecule has 0 saturated carbocycles. The van der Waals surface area contributed by atoms with E-state index in [1.807, 2.05) is 0 Å². The number of hydrogen-bond acceptors (Lipinski definition) is 13. The Hall–Kier alpha value is -5.89. The van der Waals surface area contributed by atoms with Crippen molar-refractivity contribution < 1.29 is 38.1 Å². The third-order valence-corrected chi connectivity index (χ3v) is 6.98. The summed E-state index contributed by atoms with van der Waals surface area (Å²) in [6.07, 6.45) is -0.281. The van der Waals surface area contributed by atoms with Crippen LogP contribution in [0.15, 0.2) is 72.4 Å². The highest BCUT2D eigenvalue weighted by atomic mass is 32.2. The highest BCUT2D eigenvalue weighted by Crippen LogP contribution is 2.43.